The van der Waals surface area contributed by atoms with E-state index < -0.39 is 0 Å². The Morgan fingerprint density at radius 2 is 1.89 bits per heavy atom. The van der Waals surface area contributed by atoms with Crippen molar-refractivity contribution in [1.82, 2.24) is 9.97 Å². The fraction of sp³-hybridized carbons (Fsp3) is 0.231. The quantitative estimate of drug-likeness (QED) is 0.760. The molecule has 0 radical (unpaired) electrons. The molecule has 0 bridgehead atoms. The lowest BCUT2D eigenvalue weighted by Gasteiger charge is -2.09. The van der Waals surface area contributed by atoms with Crippen LogP contribution in [-0.2, 0) is 0 Å². The van der Waals surface area contributed by atoms with Crippen molar-refractivity contribution >= 4 is 15.9 Å². The van der Waals surface area contributed by atoms with Crippen molar-refractivity contribution in [2.75, 3.05) is 13.2 Å². The first-order valence-electron chi connectivity index (χ1n) is 5.71. The van der Waals surface area contributed by atoms with Crippen LogP contribution in [0.5, 0.6) is 11.5 Å². The standard InChI is InChI=1S/C13H11BrN2O2/c14-13-15-5-4-10(16-13)9-2-3-11-12(8-9)18-7-1-6-17-11/h2-5,8H,1,6-7H2. The zero-order valence-electron chi connectivity index (χ0n) is 9.60. The number of hydrogen-bond donors (Lipinski definition) is 0. The summed E-state index contributed by atoms with van der Waals surface area (Å²) >= 11 is 3.27. The number of halogens is 1. The summed E-state index contributed by atoms with van der Waals surface area (Å²) < 4.78 is 11.8. The first-order valence-corrected chi connectivity index (χ1v) is 6.51. The molecule has 2 aromatic rings. The van der Waals surface area contributed by atoms with Gasteiger partial charge in [0.1, 0.15) is 0 Å². The van der Waals surface area contributed by atoms with Gasteiger partial charge in [0.2, 0.25) is 0 Å². The van der Waals surface area contributed by atoms with E-state index in [0.717, 1.165) is 29.2 Å². The molecule has 0 aliphatic carbocycles. The van der Waals surface area contributed by atoms with E-state index in [9.17, 15) is 0 Å². The molecule has 0 amide bonds. The molecule has 1 aliphatic heterocycles. The van der Waals surface area contributed by atoms with Gasteiger partial charge in [-0.1, -0.05) is 0 Å². The van der Waals surface area contributed by atoms with E-state index in [1.807, 2.05) is 24.3 Å². The minimum absolute atomic E-state index is 0.576. The highest BCUT2D eigenvalue weighted by molar-refractivity contribution is 9.10. The molecule has 0 spiro atoms. The summed E-state index contributed by atoms with van der Waals surface area (Å²) in [5, 5.41) is 0. The highest BCUT2D eigenvalue weighted by atomic mass is 79.9. The molecule has 0 N–H and O–H groups in total. The predicted octanol–water partition coefficient (Wildman–Crippen LogP) is 3.07. The lowest BCUT2D eigenvalue weighted by molar-refractivity contribution is 0.297. The maximum absolute atomic E-state index is 5.66. The Kier molecular flexibility index (Phi) is 3.15. The zero-order valence-corrected chi connectivity index (χ0v) is 11.2. The summed E-state index contributed by atoms with van der Waals surface area (Å²) in [5.74, 6) is 1.57. The second kappa shape index (κ2) is 4.94. The molecule has 3 rings (SSSR count). The molecule has 0 unspecified atom stereocenters. The Labute approximate surface area is 113 Å². The van der Waals surface area contributed by atoms with Gasteiger partial charge in [-0.2, -0.15) is 0 Å². The fourth-order valence-electron chi connectivity index (χ4n) is 1.82. The zero-order chi connectivity index (χ0) is 12.4. The normalized spacial score (nSPS) is 14.1. The second-order valence-corrected chi connectivity index (χ2v) is 4.63. The molecule has 4 nitrogen and oxygen atoms in total. The van der Waals surface area contributed by atoms with Crippen LogP contribution < -0.4 is 9.47 Å². The van der Waals surface area contributed by atoms with Crippen LogP contribution in [0.3, 0.4) is 0 Å². The number of fused-ring (bicyclic) bond motifs is 1. The van der Waals surface area contributed by atoms with Crippen LogP contribution in [0, 0.1) is 0 Å². The molecule has 2 heterocycles. The number of benzene rings is 1. The minimum Gasteiger partial charge on any atom is -0.490 e. The highest BCUT2D eigenvalue weighted by Crippen LogP contribution is 2.33. The Balaban J connectivity index is 2.01. The van der Waals surface area contributed by atoms with Gasteiger partial charge >= 0.3 is 0 Å². The van der Waals surface area contributed by atoms with Crippen molar-refractivity contribution < 1.29 is 9.47 Å². The van der Waals surface area contributed by atoms with Gasteiger partial charge in [-0.25, -0.2) is 9.97 Å². The molecule has 0 saturated heterocycles. The van der Waals surface area contributed by atoms with Gasteiger partial charge in [0.05, 0.1) is 18.9 Å². The largest absolute Gasteiger partial charge is 0.490 e. The van der Waals surface area contributed by atoms with Crippen molar-refractivity contribution in [2.45, 2.75) is 6.42 Å². The van der Waals surface area contributed by atoms with Crippen LogP contribution in [0.25, 0.3) is 11.3 Å². The summed E-state index contributed by atoms with van der Waals surface area (Å²) in [7, 11) is 0. The van der Waals surface area contributed by atoms with E-state index in [0.29, 0.717) is 17.9 Å². The Bertz CT molecular complexity index is 575. The summed E-state index contributed by atoms with van der Waals surface area (Å²) in [6, 6.07) is 7.72. The smallest absolute Gasteiger partial charge is 0.197 e. The Hall–Kier alpha value is -1.62. The number of rotatable bonds is 1. The maximum atomic E-state index is 5.66. The monoisotopic (exact) mass is 306 g/mol. The van der Waals surface area contributed by atoms with E-state index in [4.69, 9.17) is 9.47 Å². The number of ether oxygens (including phenoxy) is 2. The van der Waals surface area contributed by atoms with Crippen LogP contribution in [-0.4, -0.2) is 23.2 Å². The van der Waals surface area contributed by atoms with Gasteiger partial charge in [-0.05, 0) is 40.2 Å². The molecule has 0 saturated carbocycles. The van der Waals surface area contributed by atoms with Gasteiger partial charge in [-0.15, -0.1) is 0 Å². The average molecular weight is 307 g/mol. The maximum Gasteiger partial charge on any atom is 0.197 e. The number of nitrogens with zero attached hydrogens (tertiary/aromatic N) is 2. The van der Waals surface area contributed by atoms with Gasteiger partial charge in [-0.3, -0.25) is 0 Å². The van der Waals surface area contributed by atoms with Gasteiger partial charge in [0, 0.05) is 18.2 Å². The number of hydrogen-bond acceptors (Lipinski definition) is 4. The molecular formula is C13H11BrN2O2. The lowest BCUT2D eigenvalue weighted by Crippen LogP contribution is -1.97. The fourth-order valence-corrected chi connectivity index (χ4v) is 2.13. The van der Waals surface area contributed by atoms with Crippen molar-refractivity contribution in [1.29, 1.82) is 0 Å². The van der Waals surface area contributed by atoms with Gasteiger partial charge in [0.15, 0.2) is 16.2 Å². The first kappa shape index (κ1) is 11.5. The van der Waals surface area contributed by atoms with E-state index in [1.54, 1.807) is 6.20 Å². The van der Waals surface area contributed by atoms with Gasteiger partial charge < -0.3 is 9.47 Å². The van der Waals surface area contributed by atoms with Crippen molar-refractivity contribution in [3.8, 4) is 22.8 Å². The van der Waals surface area contributed by atoms with Crippen molar-refractivity contribution in [3.63, 3.8) is 0 Å². The minimum atomic E-state index is 0.576. The Morgan fingerprint density at radius 1 is 1.06 bits per heavy atom. The summed E-state index contributed by atoms with van der Waals surface area (Å²) in [4.78, 5) is 8.34. The lowest BCUT2D eigenvalue weighted by atomic mass is 10.1. The van der Waals surface area contributed by atoms with Crippen LogP contribution in [0.2, 0.25) is 0 Å². The third-order valence-electron chi connectivity index (χ3n) is 2.67. The third kappa shape index (κ3) is 2.31. The summed E-state index contributed by atoms with van der Waals surface area (Å²) in [6.45, 7) is 1.38. The van der Waals surface area contributed by atoms with Crippen molar-refractivity contribution in [2.24, 2.45) is 0 Å². The van der Waals surface area contributed by atoms with E-state index >= 15 is 0 Å². The average Bonchev–Trinajstić information content (AvgIpc) is 2.63. The van der Waals surface area contributed by atoms with E-state index in [1.165, 1.54) is 0 Å². The molecule has 1 aliphatic rings. The molecule has 1 aromatic heterocycles. The second-order valence-electron chi connectivity index (χ2n) is 3.92. The molecule has 0 atom stereocenters. The predicted molar refractivity (Wildman–Crippen MR) is 70.8 cm³/mol. The van der Waals surface area contributed by atoms with Crippen LogP contribution in [0.4, 0.5) is 0 Å². The molecule has 0 fully saturated rings. The molecule has 18 heavy (non-hydrogen) atoms. The van der Waals surface area contributed by atoms with E-state index in [2.05, 4.69) is 25.9 Å². The summed E-state index contributed by atoms with van der Waals surface area (Å²) in [5.41, 5.74) is 1.84. The van der Waals surface area contributed by atoms with Crippen LogP contribution in [0.1, 0.15) is 6.42 Å². The SMILES string of the molecule is Brc1nccc(-c2ccc3c(c2)OCCCO3)n1. The molecular weight excluding hydrogens is 296 g/mol. The topological polar surface area (TPSA) is 44.2 Å². The highest BCUT2D eigenvalue weighted by Gasteiger charge is 2.12. The molecule has 5 heteroatoms. The molecule has 1 aromatic carbocycles. The third-order valence-corrected chi connectivity index (χ3v) is 3.05. The van der Waals surface area contributed by atoms with Crippen LogP contribution in [0.15, 0.2) is 35.2 Å². The number of aromatic nitrogens is 2. The molecule has 92 valence electrons. The van der Waals surface area contributed by atoms with Crippen molar-refractivity contribution in [3.05, 3.63) is 35.2 Å². The van der Waals surface area contributed by atoms with Crippen LogP contribution >= 0.6 is 15.9 Å². The summed E-state index contributed by atoms with van der Waals surface area (Å²) in [6.07, 6.45) is 2.62. The Morgan fingerprint density at radius 3 is 2.72 bits per heavy atom. The van der Waals surface area contributed by atoms with Gasteiger partial charge in [0.25, 0.3) is 0 Å². The first-order chi connectivity index (χ1) is 8.83. The van der Waals surface area contributed by atoms with E-state index in [-0.39, 0.29) is 0 Å².